The Morgan fingerprint density at radius 1 is 0.526 bits per heavy atom. The summed E-state index contributed by atoms with van der Waals surface area (Å²) < 4.78 is 0. The average Bonchev–Trinajstić information content (AvgIpc) is 2.91. The van der Waals surface area contributed by atoms with Crippen molar-refractivity contribution >= 4 is 5.69 Å². The molecule has 0 bridgehead atoms. The topological polar surface area (TPSA) is 118 Å². The second-order valence-electron chi connectivity index (χ2n) is 7.52. The third-order valence-corrected chi connectivity index (χ3v) is 4.97. The molecule has 5 rings (SSSR count). The molecule has 0 aliphatic rings. The third-order valence-electron chi connectivity index (χ3n) is 4.97. The van der Waals surface area contributed by atoms with Crippen LogP contribution in [-0.2, 0) is 17.1 Å². The molecule has 4 aromatic heterocycles. The molecule has 203 valence electrons. The Hall–Kier alpha value is -3.36. The SMILES string of the molecule is CN(C)c1ccncc1.O.O.[Cl-].[Cl-].[Cu+2].c1ccc(-c2cc(-c3ccccn3)nc(-c3ccccn3)c2)cc1. The van der Waals surface area contributed by atoms with Crippen molar-refractivity contribution < 1.29 is 52.8 Å². The van der Waals surface area contributed by atoms with Crippen LogP contribution in [0.25, 0.3) is 33.9 Å². The van der Waals surface area contributed by atoms with Gasteiger partial charge in [-0.1, -0.05) is 42.5 Å². The van der Waals surface area contributed by atoms with E-state index in [1.165, 1.54) is 5.69 Å². The smallest absolute Gasteiger partial charge is 1.00 e. The molecule has 0 aliphatic carbocycles. The summed E-state index contributed by atoms with van der Waals surface area (Å²) in [6.07, 6.45) is 7.14. The molecule has 0 saturated carbocycles. The number of aromatic nitrogens is 4. The molecule has 0 atom stereocenters. The van der Waals surface area contributed by atoms with Crippen LogP contribution in [0.2, 0.25) is 0 Å². The van der Waals surface area contributed by atoms with Gasteiger partial charge in [-0.25, -0.2) is 4.98 Å². The van der Waals surface area contributed by atoms with E-state index in [0.29, 0.717) is 0 Å². The predicted octanol–water partition coefficient (Wildman–Crippen LogP) is -1.62. The summed E-state index contributed by atoms with van der Waals surface area (Å²) in [6, 6.07) is 30.1. The number of anilines is 1. The van der Waals surface area contributed by atoms with Crippen LogP contribution in [-0.4, -0.2) is 45.0 Å². The minimum atomic E-state index is 0. The molecule has 0 unspecified atom stereocenters. The van der Waals surface area contributed by atoms with Gasteiger partial charge in [0.15, 0.2) is 0 Å². The molecule has 0 saturated heterocycles. The molecular weight excluding hydrogens is 573 g/mol. The van der Waals surface area contributed by atoms with Gasteiger partial charge in [-0.2, -0.15) is 0 Å². The molecule has 10 heteroatoms. The van der Waals surface area contributed by atoms with E-state index < -0.39 is 0 Å². The number of hydrogen-bond donors (Lipinski definition) is 0. The Bertz CT molecular complexity index is 1150. The second kappa shape index (κ2) is 18.8. The van der Waals surface area contributed by atoms with Gasteiger partial charge in [-0.05, 0) is 59.7 Å². The summed E-state index contributed by atoms with van der Waals surface area (Å²) in [4.78, 5) is 19.6. The molecule has 0 amide bonds. The van der Waals surface area contributed by atoms with E-state index in [1.807, 2.05) is 85.7 Å². The first-order valence-corrected chi connectivity index (χ1v) is 10.7. The summed E-state index contributed by atoms with van der Waals surface area (Å²) >= 11 is 0. The van der Waals surface area contributed by atoms with Gasteiger partial charge in [0, 0.05) is 44.6 Å². The summed E-state index contributed by atoms with van der Waals surface area (Å²) in [5, 5.41) is 0. The zero-order chi connectivity index (χ0) is 22.9. The van der Waals surface area contributed by atoms with E-state index in [4.69, 9.17) is 4.98 Å². The largest absolute Gasteiger partial charge is 2.00 e. The molecule has 4 heterocycles. The fourth-order valence-electron chi connectivity index (χ4n) is 3.26. The number of halogens is 2. The van der Waals surface area contributed by atoms with Crippen LogP contribution in [0.5, 0.6) is 0 Å². The number of hydrogen-bond acceptors (Lipinski definition) is 5. The van der Waals surface area contributed by atoms with Gasteiger partial charge in [-0.3, -0.25) is 15.0 Å². The Morgan fingerprint density at radius 2 is 1.00 bits per heavy atom. The first-order chi connectivity index (χ1) is 16.2. The molecule has 0 spiro atoms. The van der Waals surface area contributed by atoms with Crippen molar-refractivity contribution in [3.8, 4) is 33.9 Å². The molecule has 5 aromatic rings. The number of pyridine rings is 4. The first-order valence-electron chi connectivity index (χ1n) is 10.7. The number of nitrogens with zero attached hydrogens (tertiary/aromatic N) is 5. The minimum absolute atomic E-state index is 0. The van der Waals surface area contributed by atoms with Gasteiger partial charge in [-0.15, -0.1) is 0 Å². The molecule has 0 aliphatic heterocycles. The zero-order valence-electron chi connectivity index (χ0n) is 20.8. The maximum Gasteiger partial charge on any atom is 2.00 e. The number of rotatable bonds is 4. The van der Waals surface area contributed by atoms with Crippen molar-refractivity contribution in [3.63, 3.8) is 0 Å². The van der Waals surface area contributed by atoms with Gasteiger partial charge < -0.3 is 40.7 Å². The molecule has 4 N–H and O–H groups in total. The van der Waals surface area contributed by atoms with E-state index in [1.54, 1.807) is 24.8 Å². The molecule has 1 radical (unpaired) electrons. The van der Waals surface area contributed by atoms with Crippen molar-refractivity contribution in [1.82, 2.24) is 19.9 Å². The average molecular weight is 602 g/mol. The van der Waals surface area contributed by atoms with Crippen molar-refractivity contribution in [2.75, 3.05) is 19.0 Å². The van der Waals surface area contributed by atoms with Crippen LogP contribution in [0.15, 0.2) is 116 Å². The van der Waals surface area contributed by atoms with Gasteiger partial charge in [0.05, 0.1) is 22.8 Å². The van der Waals surface area contributed by atoms with Crippen molar-refractivity contribution in [2.45, 2.75) is 0 Å². The van der Waals surface area contributed by atoms with E-state index in [2.05, 4.69) is 39.2 Å². The summed E-state index contributed by atoms with van der Waals surface area (Å²) in [5.74, 6) is 0. The third kappa shape index (κ3) is 10.2. The minimum Gasteiger partial charge on any atom is -1.00 e. The predicted molar refractivity (Wildman–Crippen MR) is 142 cm³/mol. The van der Waals surface area contributed by atoms with Crippen LogP contribution in [0.3, 0.4) is 0 Å². The molecule has 38 heavy (non-hydrogen) atoms. The quantitative estimate of drug-likeness (QED) is 0.230. The van der Waals surface area contributed by atoms with Crippen molar-refractivity contribution in [2.24, 2.45) is 0 Å². The second-order valence-corrected chi connectivity index (χ2v) is 7.52. The van der Waals surface area contributed by atoms with Crippen LogP contribution in [0, 0.1) is 0 Å². The zero-order valence-corrected chi connectivity index (χ0v) is 23.2. The molecular formula is C28H29Cl2CuN5O2. The summed E-state index contributed by atoms with van der Waals surface area (Å²) in [6.45, 7) is 0. The van der Waals surface area contributed by atoms with E-state index in [0.717, 1.165) is 33.9 Å². The first kappa shape index (κ1) is 36.8. The monoisotopic (exact) mass is 600 g/mol. The van der Waals surface area contributed by atoms with Crippen molar-refractivity contribution in [3.05, 3.63) is 116 Å². The van der Waals surface area contributed by atoms with Crippen LogP contribution >= 0.6 is 0 Å². The normalized spacial score (nSPS) is 8.79. The Balaban J connectivity index is 0. The molecule has 1 aromatic carbocycles. The Morgan fingerprint density at radius 3 is 1.39 bits per heavy atom. The van der Waals surface area contributed by atoms with Gasteiger partial charge >= 0.3 is 17.1 Å². The summed E-state index contributed by atoms with van der Waals surface area (Å²) in [7, 11) is 4.02. The fourth-order valence-corrected chi connectivity index (χ4v) is 3.26. The fraction of sp³-hybridized carbons (Fsp3) is 0.0714. The van der Waals surface area contributed by atoms with Gasteiger partial charge in [0.25, 0.3) is 0 Å². The van der Waals surface area contributed by atoms with Crippen LogP contribution in [0.4, 0.5) is 5.69 Å². The van der Waals surface area contributed by atoms with Crippen LogP contribution < -0.4 is 29.7 Å². The van der Waals surface area contributed by atoms with E-state index in [9.17, 15) is 0 Å². The van der Waals surface area contributed by atoms with Crippen LogP contribution in [0.1, 0.15) is 0 Å². The van der Waals surface area contributed by atoms with Gasteiger partial charge in [0.1, 0.15) is 0 Å². The molecule has 0 fully saturated rings. The standard InChI is InChI=1S/C21H15N3.C7H10N2.2ClH.Cu.2H2O/c1-2-8-16(9-3-1)17-14-20(18-10-4-6-12-22-18)24-21(15-17)19-11-5-7-13-23-19;1-9(2)7-3-5-8-6-4-7;;;;;/h1-15H;3-6H,1-2H3;2*1H;;2*1H2/q;;;;+2;;/p-2. The van der Waals surface area contributed by atoms with Gasteiger partial charge in [0.2, 0.25) is 0 Å². The maximum atomic E-state index is 4.77. The Labute approximate surface area is 246 Å². The summed E-state index contributed by atoms with van der Waals surface area (Å²) in [5.41, 5.74) is 6.83. The Kier molecular flexibility index (Phi) is 18.2. The number of benzene rings is 1. The molecule has 7 nitrogen and oxygen atoms in total. The van der Waals surface area contributed by atoms with E-state index >= 15 is 0 Å². The van der Waals surface area contributed by atoms with Crippen molar-refractivity contribution in [1.29, 1.82) is 0 Å². The van der Waals surface area contributed by atoms with E-state index in [-0.39, 0.29) is 52.8 Å². The maximum absolute atomic E-state index is 4.77.